The van der Waals surface area contributed by atoms with Gasteiger partial charge in [-0.05, 0) is 0 Å². The van der Waals surface area contributed by atoms with Gasteiger partial charge in [-0.2, -0.15) is 4.98 Å². The van der Waals surface area contributed by atoms with Crippen LogP contribution in [0.2, 0.25) is 0 Å². The van der Waals surface area contributed by atoms with Crippen LogP contribution in [0.5, 0.6) is 0 Å². The van der Waals surface area contributed by atoms with Crippen molar-refractivity contribution in [1.82, 2.24) is 15.3 Å². The van der Waals surface area contributed by atoms with E-state index < -0.39 is 16.3 Å². The van der Waals surface area contributed by atoms with Crippen molar-refractivity contribution in [1.29, 1.82) is 0 Å². The Bertz CT molecular complexity index is 547. The summed E-state index contributed by atoms with van der Waals surface area (Å²) >= 11 is 0. The lowest BCUT2D eigenvalue weighted by Crippen LogP contribution is -2.39. The Balaban J connectivity index is 2.23. The summed E-state index contributed by atoms with van der Waals surface area (Å²) in [5, 5.41) is 7.71. The maximum Gasteiger partial charge on any atom is 0.231 e. The van der Waals surface area contributed by atoms with Crippen molar-refractivity contribution in [2.75, 3.05) is 10.6 Å². The molecule has 2 heterocycles. The Morgan fingerprint density at radius 3 is 2.72 bits per heavy atom. The van der Waals surface area contributed by atoms with Crippen molar-refractivity contribution in [3.05, 3.63) is 6.20 Å². The van der Waals surface area contributed by atoms with Crippen LogP contribution >= 0.6 is 0 Å². The highest BCUT2D eigenvalue weighted by atomic mass is 32.2. The molecule has 3 N–H and O–H groups in total. The number of rotatable bonds is 2. The fourth-order valence-corrected chi connectivity index (χ4v) is 2.62. The largest absolute Gasteiger partial charge is 0.338 e. The van der Waals surface area contributed by atoms with Gasteiger partial charge in [0.2, 0.25) is 17.8 Å². The summed E-state index contributed by atoms with van der Waals surface area (Å²) in [5.74, 6) is -0.142. The minimum absolute atomic E-state index is 0.120. The zero-order chi connectivity index (χ0) is 13.3. The van der Waals surface area contributed by atoms with E-state index in [1.165, 1.54) is 20.0 Å². The molecule has 0 bridgehead atoms. The fourth-order valence-electron chi connectivity index (χ4n) is 1.42. The molecule has 0 spiro atoms. The molecule has 18 heavy (non-hydrogen) atoms. The van der Waals surface area contributed by atoms with Crippen LogP contribution in [-0.4, -0.2) is 31.5 Å². The third-order valence-electron chi connectivity index (χ3n) is 2.08. The number of carbonyl (C=O) groups excluding carboxylic acids is 2. The Kier molecular flexibility index (Phi) is 3.24. The summed E-state index contributed by atoms with van der Waals surface area (Å²) in [7, 11) is -1.46. The first-order valence-electron chi connectivity index (χ1n) is 5.06. The van der Waals surface area contributed by atoms with Gasteiger partial charge < -0.3 is 10.6 Å². The van der Waals surface area contributed by atoms with E-state index in [0.29, 0.717) is 10.7 Å². The van der Waals surface area contributed by atoms with Crippen LogP contribution in [-0.2, 0) is 20.4 Å². The van der Waals surface area contributed by atoms with Crippen molar-refractivity contribution < 1.29 is 13.8 Å². The van der Waals surface area contributed by atoms with Gasteiger partial charge in [-0.3, -0.25) is 14.9 Å². The molecule has 2 atom stereocenters. The van der Waals surface area contributed by atoms with Gasteiger partial charge >= 0.3 is 0 Å². The number of nitrogens with zero attached hydrogens (tertiary/aromatic N) is 2. The van der Waals surface area contributed by atoms with E-state index in [1.807, 2.05) is 0 Å². The van der Waals surface area contributed by atoms with Gasteiger partial charge in [-0.25, -0.2) is 9.19 Å². The van der Waals surface area contributed by atoms with E-state index in [9.17, 15) is 13.8 Å². The highest BCUT2D eigenvalue weighted by Gasteiger charge is 2.31. The van der Waals surface area contributed by atoms with E-state index in [2.05, 4.69) is 25.9 Å². The molecule has 0 saturated heterocycles. The van der Waals surface area contributed by atoms with Crippen LogP contribution in [0.4, 0.5) is 11.8 Å². The Morgan fingerprint density at radius 2 is 2.11 bits per heavy atom. The summed E-state index contributed by atoms with van der Waals surface area (Å²) in [5.41, 5.74) is -0.723. The van der Waals surface area contributed by atoms with Gasteiger partial charge in [0.25, 0.3) is 0 Å². The SMILES string of the molecule is CC(=O)Nc1ncc2c(n1)N[C@H](NC(C)=O)[S@@]2=O. The third-order valence-corrected chi connectivity index (χ3v) is 3.47. The standard InChI is InChI=1S/C9H11N5O3S/c1-4(15)11-8-10-3-6-7(13-8)14-9(18(6)17)12-5(2)16/h3,9H,1-2H3,(H,12,16)(H2,10,11,13,14,15)/t9-,18+/m0/s1. The van der Waals surface area contributed by atoms with Crippen molar-refractivity contribution in [2.45, 2.75) is 24.2 Å². The molecule has 1 aliphatic heterocycles. The molecule has 0 fully saturated rings. The summed E-state index contributed by atoms with van der Waals surface area (Å²) in [6, 6.07) is 0. The van der Waals surface area contributed by atoms with Crippen molar-refractivity contribution in [3.8, 4) is 0 Å². The number of amides is 2. The summed E-state index contributed by atoms with van der Waals surface area (Å²) in [6.45, 7) is 2.67. The maximum atomic E-state index is 11.9. The second-order valence-corrected chi connectivity index (χ2v) is 5.12. The number of anilines is 2. The topological polar surface area (TPSA) is 113 Å². The summed E-state index contributed by atoms with van der Waals surface area (Å²) in [4.78, 5) is 30.0. The molecule has 0 unspecified atom stereocenters. The molecule has 2 amide bonds. The van der Waals surface area contributed by atoms with E-state index in [1.54, 1.807) is 0 Å². The molecule has 0 saturated carbocycles. The molecule has 1 aromatic rings. The smallest absolute Gasteiger partial charge is 0.231 e. The zero-order valence-electron chi connectivity index (χ0n) is 9.68. The third kappa shape index (κ3) is 2.45. The van der Waals surface area contributed by atoms with Gasteiger partial charge in [0.15, 0.2) is 5.50 Å². The molecule has 1 aromatic heterocycles. The monoisotopic (exact) mass is 269 g/mol. The quantitative estimate of drug-likeness (QED) is 0.660. The predicted molar refractivity (Wildman–Crippen MR) is 64.0 cm³/mol. The first-order valence-corrected chi connectivity index (χ1v) is 6.27. The maximum absolute atomic E-state index is 11.9. The van der Waals surface area contributed by atoms with Crippen molar-refractivity contribution in [2.24, 2.45) is 0 Å². The zero-order valence-corrected chi connectivity index (χ0v) is 10.5. The Hall–Kier alpha value is -2.03. The van der Waals surface area contributed by atoms with Crippen LogP contribution in [0, 0.1) is 0 Å². The number of nitrogens with one attached hydrogen (secondary N) is 3. The van der Waals surface area contributed by atoms with Crippen LogP contribution in [0.25, 0.3) is 0 Å². The molecule has 0 radical (unpaired) electrons. The Labute approximate surface area is 105 Å². The molecule has 2 rings (SSSR count). The lowest BCUT2D eigenvalue weighted by molar-refractivity contribution is -0.119. The van der Waals surface area contributed by atoms with E-state index >= 15 is 0 Å². The normalized spacial score (nSPS) is 20.8. The molecule has 96 valence electrons. The number of hydrogen-bond acceptors (Lipinski definition) is 6. The van der Waals surface area contributed by atoms with Crippen LogP contribution in [0.1, 0.15) is 13.8 Å². The molecule has 8 nitrogen and oxygen atoms in total. The van der Waals surface area contributed by atoms with E-state index in [0.717, 1.165) is 0 Å². The predicted octanol–water partition coefficient (Wildman–Crippen LogP) is -0.612. The second-order valence-electron chi connectivity index (χ2n) is 3.61. The highest BCUT2D eigenvalue weighted by Crippen LogP contribution is 2.26. The second kappa shape index (κ2) is 4.69. The molecule has 9 heteroatoms. The first-order chi connectivity index (χ1) is 8.47. The van der Waals surface area contributed by atoms with Crippen LogP contribution < -0.4 is 16.0 Å². The Morgan fingerprint density at radius 1 is 1.39 bits per heavy atom. The number of carbonyl (C=O) groups is 2. The van der Waals surface area contributed by atoms with Gasteiger partial charge in [0.05, 0.1) is 6.20 Å². The highest BCUT2D eigenvalue weighted by molar-refractivity contribution is 7.86. The molecular formula is C9H11N5O3S. The number of hydrogen-bond donors (Lipinski definition) is 3. The molecule has 0 aliphatic carbocycles. The van der Waals surface area contributed by atoms with Crippen molar-refractivity contribution in [3.63, 3.8) is 0 Å². The number of fused-ring (bicyclic) bond motifs is 1. The summed E-state index contributed by atoms with van der Waals surface area (Å²) < 4.78 is 11.9. The van der Waals surface area contributed by atoms with E-state index in [-0.39, 0.29) is 17.8 Å². The van der Waals surface area contributed by atoms with Gasteiger partial charge in [-0.15, -0.1) is 0 Å². The van der Waals surface area contributed by atoms with Gasteiger partial charge in [-0.1, -0.05) is 0 Å². The molecule has 0 aromatic carbocycles. The molecule has 1 aliphatic rings. The average Bonchev–Trinajstić information content (AvgIpc) is 2.54. The lowest BCUT2D eigenvalue weighted by Gasteiger charge is -2.09. The van der Waals surface area contributed by atoms with E-state index in [4.69, 9.17) is 0 Å². The van der Waals surface area contributed by atoms with Gasteiger partial charge in [0.1, 0.15) is 21.5 Å². The molecular weight excluding hydrogens is 258 g/mol. The minimum Gasteiger partial charge on any atom is -0.338 e. The average molecular weight is 269 g/mol. The van der Waals surface area contributed by atoms with Crippen molar-refractivity contribution >= 4 is 34.4 Å². The van der Waals surface area contributed by atoms with Gasteiger partial charge in [0, 0.05) is 13.8 Å². The summed E-state index contributed by atoms with van der Waals surface area (Å²) in [6.07, 6.45) is 1.36. The minimum atomic E-state index is -1.46. The van der Waals surface area contributed by atoms with Crippen LogP contribution in [0.15, 0.2) is 11.1 Å². The lowest BCUT2D eigenvalue weighted by atomic mass is 10.5. The number of aromatic nitrogens is 2. The van der Waals surface area contributed by atoms with Crippen LogP contribution in [0.3, 0.4) is 0 Å². The fraction of sp³-hybridized carbons (Fsp3) is 0.333. The first kappa shape index (κ1) is 12.4.